The van der Waals surface area contributed by atoms with Crippen LogP contribution in [0.5, 0.6) is 0 Å². The fourth-order valence-electron chi connectivity index (χ4n) is 0.677. The second-order valence-corrected chi connectivity index (χ2v) is 3.14. The van der Waals surface area contributed by atoms with Crippen molar-refractivity contribution in [2.45, 2.75) is 19.8 Å². The zero-order valence-corrected chi connectivity index (χ0v) is 8.06. The first-order valence-electron chi connectivity index (χ1n) is 3.73. The van der Waals surface area contributed by atoms with Crippen molar-refractivity contribution in [2.75, 3.05) is 13.6 Å². The summed E-state index contributed by atoms with van der Waals surface area (Å²) in [6, 6.07) is -0.524. The first kappa shape index (κ1) is 11.4. The Balaban J connectivity index is 4.04. The minimum Gasteiger partial charge on any atom is -0.340 e. The van der Waals surface area contributed by atoms with Gasteiger partial charge in [-0.1, -0.05) is 13.3 Å². The molecule has 0 aromatic carbocycles. The summed E-state index contributed by atoms with van der Waals surface area (Å²) in [6.07, 6.45) is 1.60. The summed E-state index contributed by atoms with van der Waals surface area (Å²) in [5.74, 6) is 0. The van der Waals surface area contributed by atoms with E-state index in [1.165, 1.54) is 7.05 Å². The summed E-state index contributed by atoms with van der Waals surface area (Å²) in [5, 5.41) is 2.29. The largest absolute Gasteiger partial charge is 0.340 e. The van der Waals surface area contributed by atoms with Crippen LogP contribution in [0.25, 0.3) is 0 Å². The summed E-state index contributed by atoms with van der Waals surface area (Å²) >= 11 is -2.21. The average Bonchev–Trinajstić information content (AvgIpc) is 2.04. The van der Waals surface area contributed by atoms with E-state index in [-0.39, 0.29) is 0 Å². The van der Waals surface area contributed by atoms with Crippen LogP contribution in [0.2, 0.25) is 0 Å². The van der Waals surface area contributed by atoms with Crippen molar-refractivity contribution in [2.24, 2.45) is 0 Å². The van der Waals surface area contributed by atoms with E-state index in [1.807, 2.05) is 6.92 Å². The van der Waals surface area contributed by atoms with Gasteiger partial charge in [0.05, 0.1) is 0 Å². The van der Waals surface area contributed by atoms with Gasteiger partial charge in [0.1, 0.15) is 0 Å². The molecule has 0 saturated carbocycles. The third kappa shape index (κ3) is 3.68. The van der Waals surface area contributed by atoms with Gasteiger partial charge in [-0.15, -0.1) is 0 Å². The van der Waals surface area contributed by atoms with E-state index < -0.39 is 17.3 Å². The molecule has 0 rings (SSSR count). The molecule has 2 N–H and O–H groups in total. The smallest absolute Gasteiger partial charge is 0.330 e. The van der Waals surface area contributed by atoms with E-state index in [2.05, 4.69) is 5.32 Å². The fourth-order valence-corrected chi connectivity index (χ4v) is 1.20. The lowest BCUT2D eigenvalue weighted by atomic mass is 10.3. The van der Waals surface area contributed by atoms with Crippen LogP contribution in [-0.4, -0.2) is 32.7 Å². The molecule has 1 atom stereocenters. The van der Waals surface area contributed by atoms with Crippen LogP contribution in [0.4, 0.5) is 4.79 Å². The Bertz CT molecular complexity index is 174. The van der Waals surface area contributed by atoms with Crippen LogP contribution in [0, 0.1) is 0 Å². The van der Waals surface area contributed by atoms with Crippen molar-refractivity contribution in [3.05, 3.63) is 0 Å². The number of amides is 2. The van der Waals surface area contributed by atoms with E-state index in [4.69, 9.17) is 4.55 Å². The summed E-state index contributed by atoms with van der Waals surface area (Å²) < 4.78 is 20.1. The summed E-state index contributed by atoms with van der Waals surface area (Å²) in [4.78, 5) is 10.9. The SMILES string of the molecule is CCCCN(C(=O)NC)S(=O)O. The van der Waals surface area contributed by atoms with Gasteiger partial charge in [-0.25, -0.2) is 13.3 Å². The molecule has 0 aliphatic rings. The van der Waals surface area contributed by atoms with Crippen molar-refractivity contribution in [3.63, 3.8) is 0 Å². The maximum atomic E-state index is 10.9. The van der Waals surface area contributed by atoms with Gasteiger partial charge >= 0.3 is 6.03 Å². The number of nitrogens with zero attached hydrogens (tertiary/aromatic N) is 1. The molecule has 0 aromatic rings. The maximum absolute atomic E-state index is 10.9. The molecule has 0 aliphatic heterocycles. The van der Waals surface area contributed by atoms with Gasteiger partial charge in [-0.05, 0) is 6.42 Å². The quantitative estimate of drug-likeness (QED) is 0.643. The third-order valence-electron chi connectivity index (χ3n) is 1.34. The molecule has 0 aliphatic carbocycles. The first-order valence-corrected chi connectivity index (χ1v) is 4.80. The Morgan fingerprint density at radius 2 is 2.25 bits per heavy atom. The number of carbonyl (C=O) groups excluding carboxylic acids is 1. The minimum atomic E-state index is -2.21. The summed E-state index contributed by atoms with van der Waals surface area (Å²) in [6.45, 7) is 2.25. The molecule has 0 radical (unpaired) electrons. The van der Waals surface area contributed by atoms with Crippen LogP contribution in [0.3, 0.4) is 0 Å². The van der Waals surface area contributed by atoms with Gasteiger partial charge in [-0.3, -0.25) is 4.55 Å². The van der Waals surface area contributed by atoms with Crippen molar-refractivity contribution in [1.82, 2.24) is 9.62 Å². The van der Waals surface area contributed by atoms with Gasteiger partial charge in [0.25, 0.3) is 11.3 Å². The number of unbranched alkanes of at least 4 members (excludes halogenated alkanes) is 1. The monoisotopic (exact) mass is 194 g/mol. The van der Waals surface area contributed by atoms with E-state index in [1.54, 1.807) is 0 Å². The Kier molecular flexibility index (Phi) is 5.65. The van der Waals surface area contributed by atoms with E-state index in [0.717, 1.165) is 17.1 Å². The lowest BCUT2D eigenvalue weighted by molar-refractivity contribution is 0.224. The minimum absolute atomic E-state index is 0.305. The molecular formula is C6H14N2O3S. The Morgan fingerprint density at radius 1 is 1.67 bits per heavy atom. The molecule has 0 heterocycles. The zero-order chi connectivity index (χ0) is 9.56. The van der Waals surface area contributed by atoms with E-state index in [0.29, 0.717) is 6.54 Å². The molecule has 0 saturated heterocycles. The molecule has 0 bridgehead atoms. The first-order chi connectivity index (χ1) is 5.63. The van der Waals surface area contributed by atoms with Gasteiger partial charge in [0.2, 0.25) is 0 Å². The molecule has 2 amide bonds. The predicted octanol–water partition coefficient (Wildman–Crippen LogP) is 0.565. The summed E-state index contributed by atoms with van der Waals surface area (Å²) in [7, 11) is 1.42. The standard InChI is InChI=1S/C6H14N2O3S/c1-3-4-5-8(12(10)11)6(9)7-2/h3-5H2,1-2H3,(H,7,9)(H,10,11). The van der Waals surface area contributed by atoms with Crippen LogP contribution >= 0.6 is 0 Å². The van der Waals surface area contributed by atoms with Gasteiger partial charge in [-0.2, -0.15) is 0 Å². The molecule has 0 fully saturated rings. The number of urea groups is 1. The lowest BCUT2D eigenvalue weighted by Gasteiger charge is -2.16. The second-order valence-electron chi connectivity index (χ2n) is 2.24. The highest BCUT2D eigenvalue weighted by atomic mass is 32.2. The maximum Gasteiger partial charge on any atom is 0.330 e. The number of carbonyl (C=O) groups is 1. The lowest BCUT2D eigenvalue weighted by Crippen LogP contribution is -2.39. The molecule has 0 spiro atoms. The normalized spacial score (nSPS) is 12.2. The molecule has 0 aromatic heterocycles. The van der Waals surface area contributed by atoms with Crippen LogP contribution in [-0.2, 0) is 11.3 Å². The fraction of sp³-hybridized carbons (Fsp3) is 0.833. The number of nitrogens with one attached hydrogen (secondary N) is 1. The molecular weight excluding hydrogens is 180 g/mol. The Hall–Kier alpha value is -0.620. The third-order valence-corrected chi connectivity index (χ3v) is 2.07. The van der Waals surface area contributed by atoms with Crippen LogP contribution in [0.1, 0.15) is 19.8 Å². The van der Waals surface area contributed by atoms with Crippen LogP contribution in [0.15, 0.2) is 0 Å². The average molecular weight is 194 g/mol. The number of rotatable bonds is 4. The van der Waals surface area contributed by atoms with E-state index >= 15 is 0 Å². The van der Waals surface area contributed by atoms with Crippen molar-refractivity contribution in [1.29, 1.82) is 0 Å². The van der Waals surface area contributed by atoms with Crippen molar-refractivity contribution >= 4 is 17.3 Å². The molecule has 72 valence electrons. The molecule has 6 heteroatoms. The molecule has 12 heavy (non-hydrogen) atoms. The van der Waals surface area contributed by atoms with Crippen molar-refractivity contribution in [3.8, 4) is 0 Å². The number of hydrogen-bond donors (Lipinski definition) is 2. The van der Waals surface area contributed by atoms with Gasteiger partial charge < -0.3 is 5.32 Å². The van der Waals surface area contributed by atoms with Gasteiger partial charge in [0, 0.05) is 13.6 Å². The highest BCUT2D eigenvalue weighted by molar-refractivity contribution is 7.77. The highest BCUT2D eigenvalue weighted by Gasteiger charge is 2.15. The Labute approximate surface area is 74.5 Å². The Morgan fingerprint density at radius 3 is 2.58 bits per heavy atom. The highest BCUT2D eigenvalue weighted by Crippen LogP contribution is 1.97. The topological polar surface area (TPSA) is 69.6 Å². The zero-order valence-electron chi connectivity index (χ0n) is 7.24. The van der Waals surface area contributed by atoms with Gasteiger partial charge in [0.15, 0.2) is 0 Å². The number of hydrogen-bond acceptors (Lipinski definition) is 2. The van der Waals surface area contributed by atoms with Crippen molar-refractivity contribution < 1.29 is 13.6 Å². The predicted molar refractivity (Wildman–Crippen MR) is 46.8 cm³/mol. The molecule has 5 nitrogen and oxygen atoms in total. The van der Waals surface area contributed by atoms with Crippen LogP contribution < -0.4 is 5.32 Å². The van der Waals surface area contributed by atoms with E-state index in [9.17, 15) is 9.00 Å². The summed E-state index contributed by atoms with van der Waals surface area (Å²) in [5.41, 5.74) is 0. The second kappa shape index (κ2) is 5.96. The molecule has 1 unspecified atom stereocenters.